The van der Waals surface area contributed by atoms with Gasteiger partial charge in [-0.2, -0.15) is 0 Å². The third kappa shape index (κ3) is 5.53. The summed E-state index contributed by atoms with van der Waals surface area (Å²) in [5.41, 5.74) is 1.65. The van der Waals surface area contributed by atoms with Crippen molar-refractivity contribution >= 4 is 46.0 Å². The van der Waals surface area contributed by atoms with Crippen molar-refractivity contribution in [2.75, 3.05) is 11.9 Å². The van der Waals surface area contributed by atoms with Crippen molar-refractivity contribution in [3.63, 3.8) is 0 Å². The number of aromatic nitrogens is 3. The second-order valence-corrected chi connectivity index (χ2v) is 14.6. The van der Waals surface area contributed by atoms with Crippen LogP contribution in [0.1, 0.15) is 13.0 Å². The van der Waals surface area contributed by atoms with Crippen LogP contribution < -0.4 is 9.78 Å². The van der Waals surface area contributed by atoms with Crippen molar-refractivity contribution < 1.29 is 24.5 Å². The third-order valence-electron chi connectivity index (χ3n) is 5.19. The van der Waals surface area contributed by atoms with Crippen LogP contribution in [0.25, 0.3) is 11.3 Å². The molecule has 0 bridgehead atoms. The van der Waals surface area contributed by atoms with E-state index < -0.39 is 24.1 Å². The van der Waals surface area contributed by atoms with Gasteiger partial charge < -0.3 is 0 Å². The third-order valence-corrected chi connectivity index (χ3v) is 12.4. The number of amides is 1. The Balaban J connectivity index is 1.59. The normalized spacial score (nSPS) is 25.1. The number of rotatable bonds is 6. The molecule has 0 aliphatic carbocycles. The maximum absolute atomic E-state index is 13.6. The molecule has 1 aromatic heterocycles. The van der Waals surface area contributed by atoms with E-state index in [2.05, 4.69) is 15.6 Å². The van der Waals surface area contributed by atoms with Gasteiger partial charge in [0.25, 0.3) is 0 Å². The van der Waals surface area contributed by atoms with Gasteiger partial charge in [-0.15, -0.1) is 0 Å². The van der Waals surface area contributed by atoms with E-state index in [4.69, 9.17) is 0 Å². The van der Waals surface area contributed by atoms with Crippen LogP contribution >= 0.6 is 0 Å². The molecular formula is C22H23FN4O4Se2. The summed E-state index contributed by atoms with van der Waals surface area (Å²) in [5, 5.41) is 43.0. The van der Waals surface area contributed by atoms with Crippen molar-refractivity contribution in [1.29, 1.82) is 0 Å². The minimum atomic E-state index is -0.996. The van der Waals surface area contributed by atoms with Gasteiger partial charge in [0, 0.05) is 0 Å². The first-order valence-electron chi connectivity index (χ1n) is 10.2. The first-order chi connectivity index (χ1) is 15.9. The molecule has 33 heavy (non-hydrogen) atoms. The van der Waals surface area contributed by atoms with E-state index in [0.717, 1.165) is 4.46 Å². The molecule has 1 aliphatic heterocycles. The van der Waals surface area contributed by atoms with Crippen LogP contribution in [-0.4, -0.2) is 84.9 Å². The molecule has 11 heteroatoms. The summed E-state index contributed by atoms with van der Waals surface area (Å²) in [4.78, 5) is 11.0. The molecule has 5 atom stereocenters. The number of benzene rings is 2. The van der Waals surface area contributed by atoms with Crippen LogP contribution in [0, 0.1) is 5.82 Å². The molecule has 3 aromatic rings. The van der Waals surface area contributed by atoms with Gasteiger partial charge in [-0.3, -0.25) is 0 Å². The van der Waals surface area contributed by atoms with E-state index in [1.54, 1.807) is 24.4 Å². The van der Waals surface area contributed by atoms with Gasteiger partial charge in [0.2, 0.25) is 0 Å². The first-order valence-corrected chi connectivity index (χ1v) is 14.0. The van der Waals surface area contributed by atoms with Gasteiger partial charge in [0.1, 0.15) is 0 Å². The zero-order chi connectivity index (χ0) is 23.5. The van der Waals surface area contributed by atoms with Crippen LogP contribution in [-0.2, 0) is 4.79 Å². The molecule has 2 aromatic carbocycles. The number of carbonyl (C=O) groups is 1. The van der Waals surface area contributed by atoms with Crippen LogP contribution in [0.2, 0.25) is 8.53 Å². The summed E-state index contributed by atoms with van der Waals surface area (Å²) in [5.74, 6) is -0.558. The SMILES string of the molecule is CC(=O)Nc1cccc([Se][C@@H]2[Se][C@H](CO)[C@H](O)[C@H](n3cc(-c4cccc(F)c4)nn3)[C@H]2O)c1. The molecule has 1 amide bonds. The summed E-state index contributed by atoms with van der Waals surface area (Å²) in [6, 6.07) is 12.6. The van der Waals surface area contributed by atoms with E-state index in [0.29, 0.717) is 16.9 Å². The predicted octanol–water partition coefficient (Wildman–Crippen LogP) is 0.580. The molecule has 1 saturated heterocycles. The topological polar surface area (TPSA) is 121 Å². The second-order valence-electron chi connectivity index (χ2n) is 7.62. The maximum atomic E-state index is 13.6. The summed E-state index contributed by atoms with van der Waals surface area (Å²) in [7, 11) is 0. The van der Waals surface area contributed by atoms with Crippen LogP contribution in [0.15, 0.2) is 54.7 Å². The Hall–Kier alpha value is -2.10. The summed E-state index contributed by atoms with van der Waals surface area (Å²) in [6.45, 7) is 1.24. The van der Waals surface area contributed by atoms with E-state index in [1.807, 2.05) is 18.2 Å². The molecule has 1 fully saturated rings. The molecular weight excluding hydrogens is 561 g/mol. The first kappa shape index (κ1) is 24.0. The molecule has 0 unspecified atom stereocenters. The Morgan fingerprint density at radius 2 is 2.00 bits per heavy atom. The number of hydrogen-bond acceptors (Lipinski definition) is 6. The van der Waals surface area contributed by atoms with E-state index >= 15 is 0 Å². The molecule has 0 radical (unpaired) electrons. The second kappa shape index (κ2) is 10.4. The molecule has 174 valence electrons. The van der Waals surface area contributed by atoms with Gasteiger partial charge >= 0.3 is 203 Å². The van der Waals surface area contributed by atoms with Gasteiger partial charge in [0.15, 0.2) is 0 Å². The fourth-order valence-electron chi connectivity index (χ4n) is 3.66. The number of nitrogens with one attached hydrogen (secondary N) is 1. The number of anilines is 1. The van der Waals surface area contributed by atoms with E-state index in [9.17, 15) is 24.5 Å². The summed E-state index contributed by atoms with van der Waals surface area (Å²) < 4.78 is 15.9. The number of aliphatic hydroxyl groups is 3. The van der Waals surface area contributed by atoms with Gasteiger partial charge in [-0.05, 0) is 0 Å². The fourth-order valence-corrected chi connectivity index (χ4v) is 11.3. The van der Waals surface area contributed by atoms with Crippen molar-refractivity contribution in [2.24, 2.45) is 0 Å². The molecule has 2 heterocycles. The number of hydrogen-bond donors (Lipinski definition) is 4. The van der Waals surface area contributed by atoms with Crippen LogP contribution in [0.3, 0.4) is 0 Å². The minimum absolute atomic E-state index is 0.148. The monoisotopic (exact) mass is 586 g/mol. The fraction of sp³-hybridized carbons (Fsp3) is 0.318. The molecule has 0 spiro atoms. The van der Waals surface area contributed by atoms with Gasteiger partial charge in [0.05, 0.1) is 0 Å². The molecule has 4 rings (SSSR count). The summed E-state index contributed by atoms with van der Waals surface area (Å²) in [6.07, 6.45) is -0.320. The van der Waals surface area contributed by atoms with E-state index in [1.165, 1.54) is 23.7 Å². The van der Waals surface area contributed by atoms with Crippen molar-refractivity contribution in [1.82, 2.24) is 15.0 Å². The zero-order valence-electron chi connectivity index (χ0n) is 17.6. The number of aliphatic hydroxyl groups excluding tert-OH is 3. The van der Waals surface area contributed by atoms with Gasteiger partial charge in [-0.1, -0.05) is 0 Å². The van der Waals surface area contributed by atoms with Crippen LogP contribution in [0.5, 0.6) is 0 Å². The molecule has 1 aliphatic rings. The molecule has 0 saturated carbocycles. The Morgan fingerprint density at radius 1 is 1.21 bits per heavy atom. The summed E-state index contributed by atoms with van der Waals surface area (Å²) >= 11 is -0.397. The van der Waals surface area contributed by atoms with Crippen molar-refractivity contribution in [3.05, 3.63) is 60.5 Å². The number of halogens is 1. The van der Waals surface area contributed by atoms with Crippen molar-refractivity contribution in [3.8, 4) is 11.3 Å². The quantitative estimate of drug-likeness (QED) is 0.315. The van der Waals surface area contributed by atoms with Gasteiger partial charge in [-0.25, -0.2) is 0 Å². The standard InChI is InChI=1S/C22H23FN4O4Se2/c1-12(29)24-15-6-3-7-16(9-15)32-22-21(31)19(20(30)18(11-28)33-22)27-10-17(25-26-27)13-4-2-5-14(23)8-13/h2-10,18-22,28,30-31H,11H2,1H3,(H,24,29)/t18-,19+,20+,21-,22-/m1/s1. The Labute approximate surface area is 202 Å². The molecule has 8 nitrogen and oxygen atoms in total. The number of carbonyl (C=O) groups excluding carboxylic acids is 1. The average Bonchev–Trinajstić information content (AvgIpc) is 3.25. The average molecular weight is 584 g/mol. The van der Waals surface area contributed by atoms with Crippen molar-refractivity contribution in [2.45, 2.75) is 33.7 Å². The Kier molecular flexibility index (Phi) is 7.61. The Morgan fingerprint density at radius 3 is 2.73 bits per heavy atom. The van der Waals surface area contributed by atoms with E-state index in [-0.39, 0.29) is 51.0 Å². The number of nitrogens with zero attached hydrogens (tertiary/aromatic N) is 3. The van der Waals surface area contributed by atoms with Crippen LogP contribution in [0.4, 0.5) is 10.1 Å². The predicted molar refractivity (Wildman–Crippen MR) is 123 cm³/mol. The molecule has 4 N–H and O–H groups in total. The Bertz CT molecular complexity index is 1130. The zero-order valence-corrected chi connectivity index (χ0v) is 21.0.